The van der Waals surface area contributed by atoms with Crippen LogP contribution in [0, 0.1) is 10.7 Å². The van der Waals surface area contributed by atoms with E-state index in [1.807, 2.05) is 67.8 Å². The molecule has 28 heavy (non-hydrogen) atoms. The van der Waals surface area contributed by atoms with Crippen molar-refractivity contribution < 1.29 is 33.4 Å². The molecule has 1 rings (SSSR count). The summed E-state index contributed by atoms with van der Waals surface area (Å²) in [7, 11) is 1.23. The number of anilines is 1. The lowest BCUT2D eigenvalue weighted by atomic mass is 10.1. The largest absolute Gasteiger partial charge is 0.465 e. The lowest BCUT2D eigenvalue weighted by molar-refractivity contribution is -0.144. The Balaban J connectivity index is 3.27. The highest BCUT2D eigenvalue weighted by Gasteiger charge is 2.28. The van der Waals surface area contributed by atoms with Gasteiger partial charge in [0, 0.05) is 17.4 Å². The number of benzene rings is 1. The van der Waals surface area contributed by atoms with Gasteiger partial charge in [0.15, 0.2) is 0 Å². The van der Waals surface area contributed by atoms with Gasteiger partial charge in [0.25, 0.3) is 5.91 Å². The summed E-state index contributed by atoms with van der Waals surface area (Å²) in [4.78, 5) is 47.2. The minimum absolute atomic E-state index is 0.176. The lowest BCUT2D eigenvalue weighted by Gasteiger charge is -2.20. The van der Waals surface area contributed by atoms with Gasteiger partial charge in [-0.1, -0.05) is 0 Å². The molecule has 154 valence electrons. The first-order valence-electron chi connectivity index (χ1n) is 7.63. The van der Waals surface area contributed by atoms with Crippen molar-refractivity contribution in [2.45, 2.75) is 19.9 Å². The highest BCUT2D eigenvalue weighted by molar-refractivity contribution is 14.1. The van der Waals surface area contributed by atoms with E-state index < -0.39 is 29.9 Å². The van der Waals surface area contributed by atoms with E-state index in [9.17, 15) is 19.2 Å². The van der Waals surface area contributed by atoms with Crippen molar-refractivity contribution in [2.75, 3.05) is 26.1 Å². The average molecular weight is 730 g/mol. The van der Waals surface area contributed by atoms with Gasteiger partial charge in [-0.25, -0.2) is 4.79 Å². The third kappa shape index (κ3) is 6.57. The Kier molecular flexibility index (Phi) is 10.2. The van der Waals surface area contributed by atoms with Crippen LogP contribution in [-0.2, 0) is 23.8 Å². The monoisotopic (exact) mass is 730 g/mol. The number of nitrogens with two attached hydrogens (primary N) is 1. The molecule has 0 aliphatic heterocycles. The van der Waals surface area contributed by atoms with Gasteiger partial charge in [0.05, 0.1) is 37.1 Å². The second-order valence-electron chi connectivity index (χ2n) is 5.37. The summed E-state index contributed by atoms with van der Waals surface area (Å²) < 4.78 is 15.9. The fourth-order valence-electron chi connectivity index (χ4n) is 1.99. The number of halogens is 3. The fraction of sp³-hybridized carbons (Fsp3) is 0.375. The van der Waals surface area contributed by atoms with Gasteiger partial charge in [-0.15, -0.1) is 0 Å². The van der Waals surface area contributed by atoms with Gasteiger partial charge < -0.3 is 25.3 Å². The number of methoxy groups -OCH3 is 1. The number of carbonyl (C=O) groups excluding carboxylic acids is 4. The Bertz CT molecular complexity index is 796. The molecule has 0 unspecified atom stereocenters. The van der Waals surface area contributed by atoms with Gasteiger partial charge in [-0.3, -0.25) is 14.4 Å². The number of esters is 3. The average Bonchev–Trinajstić information content (AvgIpc) is 2.61. The molecule has 0 saturated heterocycles. The summed E-state index contributed by atoms with van der Waals surface area (Å²) in [6, 6.07) is -0.783. The molecule has 3 N–H and O–H groups in total. The Morgan fingerprint density at radius 3 is 1.82 bits per heavy atom. The van der Waals surface area contributed by atoms with Gasteiger partial charge in [-0.2, -0.15) is 0 Å². The summed E-state index contributed by atoms with van der Waals surface area (Å²) in [5.74, 6) is -2.27. The number of hydrogen-bond acceptors (Lipinski definition) is 8. The van der Waals surface area contributed by atoms with Crippen molar-refractivity contribution in [3.05, 3.63) is 21.8 Å². The maximum atomic E-state index is 12.9. The van der Waals surface area contributed by atoms with Crippen molar-refractivity contribution in [2.24, 2.45) is 0 Å². The number of ether oxygens (including phenoxy) is 3. The molecule has 1 aromatic carbocycles. The number of carbonyl (C=O) groups is 4. The van der Waals surface area contributed by atoms with Crippen LogP contribution in [0.15, 0.2) is 0 Å². The zero-order valence-electron chi connectivity index (χ0n) is 15.1. The summed E-state index contributed by atoms with van der Waals surface area (Å²) >= 11 is 5.71. The van der Waals surface area contributed by atoms with Crippen LogP contribution < -0.4 is 11.1 Å². The van der Waals surface area contributed by atoms with Gasteiger partial charge in [0.1, 0.15) is 13.2 Å². The van der Waals surface area contributed by atoms with E-state index in [0.29, 0.717) is 10.7 Å². The van der Waals surface area contributed by atoms with Gasteiger partial charge >= 0.3 is 17.9 Å². The summed E-state index contributed by atoms with van der Waals surface area (Å²) in [5.41, 5.74) is 6.69. The quantitative estimate of drug-likeness (QED) is 0.189. The highest BCUT2D eigenvalue weighted by atomic mass is 127. The van der Waals surface area contributed by atoms with Crippen molar-refractivity contribution >= 4 is 97.3 Å². The Labute approximate surface area is 202 Å². The van der Waals surface area contributed by atoms with E-state index in [-0.39, 0.29) is 30.0 Å². The lowest BCUT2D eigenvalue weighted by Crippen LogP contribution is -2.43. The molecule has 0 heterocycles. The van der Waals surface area contributed by atoms with Crippen LogP contribution >= 0.6 is 67.8 Å². The van der Waals surface area contributed by atoms with E-state index in [1.54, 1.807) is 0 Å². The molecule has 0 bridgehead atoms. The molecule has 0 aliphatic rings. The van der Waals surface area contributed by atoms with Crippen molar-refractivity contribution in [1.82, 2.24) is 5.32 Å². The number of nitrogen functional groups attached to an aromatic ring is 1. The highest BCUT2D eigenvalue weighted by Crippen LogP contribution is 2.34. The summed E-state index contributed by atoms with van der Waals surface area (Å²) in [6.07, 6.45) is 0. The van der Waals surface area contributed by atoms with E-state index in [2.05, 4.69) is 5.32 Å². The molecule has 0 atom stereocenters. The molecule has 9 nitrogen and oxygen atoms in total. The topological polar surface area (TPSA) is 134 Å². The molecule has 0 fully saturated rings. The second-order valence-corrected chi connectivity index (χ2v) is 8.61. The number of nitrogens with one attached hydrogen (secondary N) is 1. The molecule has 1 aromatic rings. The minimum Gasteiger partial charge on any atom is -0.465 e. The van der Waals surface area contributed by atoms with Gasteiger partial charge in [-0.05, 0) is 67.8 Å². The SMILES string of the molecule is COC(=O)c1c(I)c(N)c(I)c(C(=O)NC(COC(C)=O)COC(C)=O)c1I. The van der Waals surface area contributed by atoms with Crippen LogP contribution in [0.1, 0.15) is 34.6 Å². The predicted octanol–water partition coefficient (Wildman–Crippen LogP) is 2.09. The van der Waals surface area contributed by atoms with Crippen LogP contribution in [0.5, 0.6) is 0 Å². The maximum Gasteiger partial charge on any atom is 0.340 e. The summed E-state index contributed by atoms with van der Waals surface area (Å²) in [6.45, 7) is 2.06. The maximum absolute atomic E-state index is 12.9. The van der Waals surface area contributed by atoms with E-state index >= 15 is 0 Å². The smallest absolute Gasteiger partial charge is 0.340 e. The zero-order chi connectivity index (χ0) is 21.6. The number of hydrogen-bond donors (Lipinski definition) is 2. The molecule has 0 saturated carbocycles. The first-order chi connectivity index (χ1) is 13.0. The first kappa shape index (κ1) is 25.1. The number of rotatable bonds is 7. The third-order valence-electron chi connectivity index (χ3n) is 3.28. The van der Waals surface area contributed by atoms with Gasteiger partial charge in [0.2, 0.25) is 0 Å². The third-order valence-corrected chi connectivity index (χ3v) is 6.60. The molecule has 12 heteroatoms. The number of amides is 1. The van der Waals surface area contributed by atoms with Crippen LogP contribution in [-0.4, -0.2) is 50.2 Å². The first-order valence-corrected chi connectivity index (χ1v) is 10.9. The second kappa shape index (κ2) is 11.3. The molecule has 0 radical (unpaired) electrons. The van der Waals surface area contributed by atoms with Crippen molar-refractivity contribution in [3.8, 4) is 0 Å². The van der Waals surface area contributed by atoms with E-state index in [4.69, 9.17) is 19.9 Å². The Hall–Kier alpha value is -0.910. The normalized spacial score (nSPS) is 10.4. The predicted molar refractivity (Wildman–Crippen MR) is 125 cm³/mol. The standard InChI is InChI=1S/C16H17I3N2O7/c1-6(22)27-4-8(5-28-7(2)23)21-15(24)9-11(17)10(16(25)26-3)13(19)14(20)12(9)18/h8H,4-5,20H2,1-3H3,(H,21,24). The molecule has 0 spiro atoms. The Morgan fingerprint density at radius 1 is 0.929 bits per heavy atom. The molecular weight excluding hydrogens is 713 g/mol. The molecule has 0 aliphatic carbocycles. The van der Waals surface area contributed by atoms with Crippen molar-refractivity contribution in [1.29, 1.82) is 0 Å². The summed E-state index contributed by atoms with van der Waals surface area (Å²) in [5, 5.41) is 2.64. The zero-order valence-corrected chi connectivity index (χ0v) is 21.5. The molecular formula is C16H17I3N2O7. The van der Waals surface area contributed by atoms with Crippen LogP contribution in [0.3, 0.4) is 0 Å². The minimum atomic E-state index is -0.783. The van der Waals surface area contributed by atoms with Crippen LogP contribution in [0.25, 0.3) is 0 Å². The van der Waals surface area contributed by atoms with E-state index in [0.717, 1.165) is 0 Å². The van der Waals surface area contributed by atoms with Crippen molar-refractivity contribution in [3.63, 3.8) is 0 Å². The molecule has 1 amide bonds. The van der Waals surface area contributed by atoms with Crippen LogP contribution in [0.4, 0.5) is 5.69 Å². The Morgan fingerprint density at radius 2 is 1.39 bits per heavy atom. The molecule has 0 aromatic heterocycles. The fourth-order valence-corrected chi connectivity index (χ4v) is 6.09. The van der Waals surface area contributed by atoms with Crippen LogP contribution in [0.2, 0.25) is 0 Å². The van der Waals surface area contributed by atoms with E-state index in [1.165, 1.54) is 21.0 Å².